The zero-order valence-corrected chi connectivity index (χ0v) is 8.09. The summed E-state index contributed by atoms with van der Waals surface area (Å²) in [4.78, 5) is 11.1. The van der Waals surface area contributed by atoms with Gasteiger partial charge >= 0.3 is 6.18 Å². The molecule has 1 saturated heterocycles. The molecule has 0 aliphatic carbocycles. The standard InChI is InChI=1S/C8H13F3N2O2/c9-8(10,11)7-5-12-1-2-13(7)3-4-15-6-14/h6-7,12H,1-5H2. The first-order valence-electron chi connectivity index (χ1n) is 4.62. The lowest BCUT2D eigenvalue weighted by Gasteiger charge is -2.36. The van der Waals surface area contributed by atoms with Gasteiger partial charge in [-0.25, -0.2) is 0 Å². The molecule has 0 amide bonds. The second kappa shape index (κ2) is 5.32. The first-order valence-corrected chi connectivity index (χ1v) is 4.62. The summed E-state index contributed by atoms with van der Waals surface area (Å²) in [5.74, 6) is 0. The zero-order chi connectivity index (χ0) is 11.3. The Morgan fingerprint density at radius 3 is 2.87 bits per heavy atom. The van der Waals surface area contributed by atoms with Crippen molar-refractivity contribution in [2.45, 2.75) is 12.2 Å². The number of ether oxygens (including phenoxy) is 1. The third-order valence-electron chi connectivity index (χ3n) is 2.30. The number of carbonyl (C=O) groups excluding carboxylic acids is 1. The summed E-state index contributed by atoms with van der Waals surface area (Å²) in [7, 11) is 0. The lowest BCUT2D eigenvalue weighted by atomic mass is 10.2. The van der Waals surface area contributed by atoms with Gasteiger partial charge in [-0.1, -0.05) is 0 Å². The minimum atomic E-state index is -4.24. The molecule has 1 aliphatic heterocycles. The first kappa shape index (κ1) is 12.3. The Hall–Kier alpha value is -0.820. The van der Waals surface area contributed by atoms with E-state index in [1.165, 1.54) is 4.90 Å². The second-order valence-electron chi connectivity index (χ2n) is 3.26. The van der Waals surface area contributed by atoms with Crippen molar-refractivity contribution in [1.82, 2.24) is 10.2 Å². The van der Waals surface area contributed by atoms with E-state index in [0.29, 0.717) is 13.1 Å². The number of hydrogen-bond acceptors (Lipinski definition) is 4. The smallest absolute Gasteiger partial charge is 0.405 e. The van der Waals surface area contributed by atoms with Crippen molar-refractivity contribution < 1.29 is 22.7 Å². The van der Waals surface area contributed by atoms with Gasteiger partial charge in [0.25, 0.3) is 6.47 Å². The number of nitrogens with one attached hydrogen (secondary N) is 1. The summed E-state index contributed by atoms with van der Waals surface area (Å²) in [5.41, 5.74) is 0. The highest BCUT2D eigenvalue weighted by Gasteiger charge is 2.44. The number of carbonyl (C=O) groups is 1. The average Bonchev–Trinajstić information content (AvgIpc) is 2.17. The molecule has 1 heterocycles. The van der Waals surface area contributed by atoms with Crippen LogP contribution in [-0.2, 0) is 9.53 Å². The van der Waals surface area contributed by atoms with Crippen LogP contribution in [0, 0.1) is 0 Å². The van der Waals surface area contributed by atoms with Crippen molar-refractivity contribution in [2.75, 3.05) is 32.8 Å². The molecule has 1 fully saturated rings. The van der Waals surface area contributed by atoms with Gasteiger partial charge in [0.2, 0.25) is 0 Å². The molecule has 1 atom stereocenters. The molecule has 1 unspecified atom stereocenters. The molecule has 15 heavy (non-hydrogen) atoms. The van der Waals surface area contributed by atoms with Crippen LogP contribution in [0.3, 0.4) is 0 Å². The van der Waals surface area contributed by atoms with Crippen LogP contribution in [0.5, 0.6) is 0 Å². The van der Waals surface area contributed by atoms with Crippen molar-refractivity contribution in [3.63, 3.8) is 0 Å². The van der Waals surface area contributed by atoms with Gasteiger partial charge in [-0.15, -0.1) is 0 Å². The molecular formula is C8H13F3N2O2. The summed E-state index contributed by atoms with van der Waals surface area (Å²) >= 11 is 0. The summed E-state index contributed by atoms with van der Waals surface area (Å²) in [6.45, 7) is 1.08. The fraction of sp³-hybridized carbons (Fsp3) is 0.875. The first-order chi connectivity index (χ1) is 7.05. The molecule has 0 bridgehead atoms. The maximum atomic E-state index is 12.5. The van der Waals surface area contributed by atoms with Crippen LogP contribution in [0.2, 0.25) is 0 Å². The highest BCUT2D eigenvalue weighted by Crippen LogP contribution is 2.25. The summed E-state index contributed by atoms with van der Waals surface area (Å²) in [6.07, 6.45) is -4.24. The van der Waals surface area contributed by atoms with Crippen LogP contribution in [0.4, 0.5) is 13.2 Å². The van der Waals surface area contributed by atoms with Crippen LogP contribution >= 0.6 is 0 Å². The maximum absolute atomic E-state index is 12.5. The predicted octanol–water partition coefficient (Wildman–Crippen LogP) is -0.00450. The average molecular weight is 226 g/mol. The Morgan fingerprint density at radius 2 is 2.27 bits per heavy atom. The number of alkyl halides is 3. The minimum Gasteiger partial charge on any atom is -0.467 e. The third-order valence-corrected chi connectivity index (χ3v) is 2.30. The van der Waals surface area contributed by atoms with Crippen LogP contribution in [0.25, 0.3) is 0 Å². The SMILES string of the molecule is O=COCCN1CCNCC1C(F)(F)F. The Kier molecular flexibility index (Phi) is 4.34. The fourth-order valence-corrected chi connectivity index (χ4v) is 1.55. The Balaban J connectivity index is 2.46. The van der Waals surface area contributed by atoms with E-state index >= 15 is 0 Å². The molecule has 0 aromatic rings. The number of piperazine rings is 1. The number of rotatable bonds is 4. The van der Waals surface area contributed by atoms with E-state index in [9.17, 15) is 18.0 Å². The van der Waals surface area contributed by atoms with Gasteiger partial charge in [0.05, 0.1) is 0 Å². The van der Waals surface area contributed by atoms with Crippen molar-refractivity contribution >= 4 is 6.47 Å². The molecular weight excluding hydrogens is 213 g/mol. The topological polar surface area (TPSA) is 41.6 Å². The molecule has 0 aromatic heterocycles. The number of hydrogen-bond donors (Lipinski definition) is 1. The maximum Gasteiger partial charge on any atom is 0.405 e. The van der Waals surface area contributed by atoms with Crippen molar-refractivity contribution in [3.05, 3.63) is 0 Å². The molecule has 1 N–H and O–H groups in total. The Bertz CT molecular complexity index is 211. The molecule has 4 nitrogen and oxygen atoms in total. The number of nitrogens with zero attached hydrogens (tertiary/aromatic N) is 1. The van der Waals surface area contributed by atoms with Gasteiger partial charge in [-0.2, -0.15) is 13.2 Å². The van der Waals surface area contributed by atoms with E-state index in [-0.39, 0.29) is 26.2 Å². The van der Waals surface area contributed by atoms with E-state index in [4.69, 9.17) is 0 Å². The van der Waals surface area contributed by atoms with Gasteiger partial charge in [0, 0.05) is 26.2 Å². The quantitative estimate of drug-likeness (QED) is 0.541. The molecule has 7 heteroatoms. The molecule has 0 spiro atoms. The summed E-state index contributed by atoms with van der Waals surface area (Å²) in [6, 6.07) is -1.48. The van der Waals surface area contributed by atoms with Gasteiger partial charge in [0.15, 0.2) is 0 Å². The predicted molar refractivity (Wildman–Crippen MR) is 46.3 cm³/mol. The van der Waals surface area contributed by atoms with Crippen LogP contribution < -0.4 is 5.32 Å². The second-order valence-corrected chi connectivity index (χ2v) is 3.26. The van der Waals surface area contributed by atoms with Gasteiger partial charge in [-0.3, -0.25) is 9.69 Å². The van der Waals surface area contributed by atoms with E-state index < -0.39 is 12.2 Å². The molecule has 0 saturated carbocycles. The summed E-state index contributed by atoms with van der Waals surface area (Å²) < 4.78 is 41.9. The lowest BCUT2D eigenvalue weighted by Crippen LogP contribution is -2.58. The van der Waals surface area contributed by atoms with Crippen molar-refractivity contribution in [3.8, 4) is 0 Å². The monoisotopic (exact) mass is 226 g/mol. The van der Waals surface area contributed by atoms with Gasteiger partial charge in [0.1, 0.15) is 12.6 Å². The lowest BCUT2D eigenvalue weighted by molar-refractivity contribution is -0.188. The molecule has 88 valence electrons. The van der Waals surface area contributed by atoms with Crippen LogP contribution in [0.1, 0.15) is 0 Å². The normalized spacial score (nSPS) is 23.8. The highest BCUT2D eigenvalue weighted by atomic mass is 19.4. The number of halogens is 3. The van der Waals surface area contributed by atoms with Crippen LogP contribution in [0.15, 0.2) is 0 Å². The van der Waals surface area contributed by atoms with Crippen molar-refractivity contribution in [1.29, 1.82) is 0 Å². The van der Waals surface area contributed by atoms with Gasteiger partial charge < -0.3 is 10.1 Å². The minimum absolute atomic E-state index is 0.00389. The van der Waals surface area contributed by atoms with Crippen LogP contribution in [-0.4, -0.2) is 56.4 Å². The molecule has 0 aromatic carbocycles. The van der Waals surface area contributed by atoms with E-state index in [2.05, 4.69) is 10.1 Å². The largest absolute Gasteiger partial charge is 0.467 e. The highest BCUT2D eigenvalue weighted by molar-refractivity contribution is 5.36. The van der Waals surface area contributed by atoms with Crippen molar-refractivity contribution in [2.24, 2.45) is 0 Å². The third kappa shape index (κ3) is 3.67. The molecule has 1 rings (SSSR count). The van der Waals surface area contributed by atoms with E-state index in [0.717, 1.165) is 0 Å². The molecule has 1 aliphatic rings. The van der Waals surface area contributed by atoms with E-state index in [1.54, 1.807) is 0 Å². The zero-order valence-electron chi connectivity index (χ0n) is 8.09. The van der Waals surface area contributed by atoms with E-state index in [1.807, 2.05) is 0 Å². The summed E-state index contributed by atoms with van der Waals surface area (Å²) in [5, 5.41) is 2.69. The van der Waals surface area contributed by atoms with Gasteiger partial charge in [-0.05, 0) is 0 Å². The molecule has 0 radical (unpaired) electrons. The Morgan fingerprint density at radius 1 is 1.53 bits per heavy atom. The fourth-order valence-electron chi connectivity index (χ4n) is 1.55. The Labute approximate surface area is 85.4 Å².